The van der Waals surface area contributed by atoms with Crippen molar-refractivity contribution in [2.24, 2.45) is 0 Å². The van der Waals surface area contributed by atoms with E-state index in [1.807, 2.05) is 6.07 Å². The molecular formula is C15H23NOS. The Bertz CT molecular complexity index is 379. The van der Waals surface area contributed by atoms with E-state index in [-0.39, 0.29) is 4.75 Å². The van der Waals surface area contributed by atoms with Crippen molar-refractivity contribution >= 4 is 11.4 Å². The van der Waals surface area contributed by atoms with Gasteiger partial charge in [0.05, 0.1) is 6.04 Å². The van der Waals surface area contributed by atoms with Gasteiger partial charge in [-0.05, 0) is 38.7 Å². The van der Waals surface area contributed by atoms with E-state index in [0.717, 1.165) is 25.8 Å². The summed E-state index contributed by atoms with van der Waals surface area (Å²) in [6.07, 6.45) is 3.21. The molecule has 0 spiro atoms. The second-order valence-corrected chi connectivity index (χ2v) is 7.64. The predicted octanol–water partition coefficient (Wildman–Crippen LogP) is 3.68. The first-order valence-electron chi connectivity index (χ1n) is 6.80. The smallest absolute Gasteiger partial charge is 0.139 e. The molecule has 1 aromatic carbocycles. The van der Waals surface area contributed by atoms with Gasteiger partial charge in [0.15, 0.2) is 0 Å². The molecule has 18 heavy (non-hydrogen) atoms. The minimum atomic E-state index is -0.903. The van der Waals surface area contributed by atoms with E-state index < -0.39 is 11.4 Å². The highest BCUT2D eigenvalue weighted by Gasteiger charge is 2.42. The lowest BCUT2D eigenvalue weighted by molar-refractivity contribution is 0.375. The minimum Gasteiger partial charge on any atom is -0.597 e. The van der Waals surface area contributed by atoms with Crippen molar-refractivity contribution in [1.29, 1.82) is 0 Å². The van der Waals surface area contributed by atoms with Crippen molar-refractivity contribution in [3.05, 3.63) is 35.9 Å². The fourth-order valence-corrected chi connectivity index (χ4v) is 4.02. The summed E-state index contributed by atoms with van der Waals surface area (Å²) in [5.74, 6) is 0. The average molecular weight is 265 g/mol. The summed E-state index contributed by atoms with van der Waals surface area (Å²) in [5, 5.41) is 0. The van der Waals surface area contributed by atoms with Crippen molar-refractivity contribution < 1.29 is 4.55 Å². The maximum absolute atomic E-state index is 12.7. The molecule has 1 aliphatic rings. The summed E-state index contributed by atoms with van der Waals surface area (Å²) in [7, 11) is 0. The van der Waals surface area contributed by atoms with Crippen LogP contribution in [0.25, 0.3) is 0 Å². The first-order valence-corrected chi connectivity index (χ1v) is 7.90. The van der Waals surface area contributed by atoms with Crippen LogP contribution in [-0.4, -0.2) is 20.1 Å². The number of benzene rings is 1. The van der Waals surface area contributed by atoms with Crippen molar-refractivity contribution in [2.75, 3.05) is 6.54 Å². The van der Waals surface area contributed by atoms with Crippen LogP contribution in [0.3, 0.4) is 0 Å². The lowest BCUT2D eigenvalue weighted by Crippen LogP contribution is -2.44. The fraction of sp³-hybridized carbons (Fsp3) is 0.600. The second-order valence-electron chi connectivity index (χ2n) is 5.57. The van der Waals surface area contributed by atoms with E-state index in [1.165, 1.54) is 5.56 Å². The van der Waals surface area contributed by atoms with Gasteiger partial charge in [-0.15, -0.1) is 4.31 Å². The molecule has 1 saturated heterocycles. The highest BCUT2D eigenvalue weighted by atomic mass is 32.2. The molecule has 0 aliphatic carbocycles. The zero-order valence-electron chi connectivity index (χ0n) is 11.6. The van der Waals surface area contributed by atoms with E-state index in [4.69, 9.17) is 0 Å². The first-order chi connectivity index (χ1) is 8.56. The van der Waals surface area contributed by atoms with Gasteiger partial charge in [0.1, 0.15) is 4.75 Å². The average Bonchev–Trinajstić information content (AvgIpc) is 2.87. The Morgan fingerprint density at radius 1 is 1.33 bits per heavy atom. The van der Waals surface area contributed by atoms with Crippen LogP contribution in [0.4, 0.5) is 0 Å². The van der Waals surface area contributed by atoms with Crippen LogP contribution in [0.1, 0.15) is 51.6 Å². The van der Waals surface area contributed by atoms with E-state index in [2.05, 4.69) is 49.3 Å². The Morgan fingerprint density at radius 2 is 2.00 bits per heavy atom. The van der Waals surface area contributed by atoms with E-state index in [0.29, 0.717) is 6.04 Å². The molecule has 1 fully saturated rings. The van der Waals surface area contributed by atoms with E-state index in [1.54, 1.807) is 0 Å². The van der Waals surface area contributed by atoms with Crippen LogP contribution in [-0.2, 0) is 11.4 Å². The van der Waals surface area contributed by atoms with Gasteiger partial charge in [-0.3, -0.25) is 0 Å². The maximum atomic E-state index is 12.7. The Balaban J connectivity index is 2.18. The molecule has 0 saturated carbocycles. The Kier molecular flexibility index (Phi) is 4.36. The molecule has 3 heteroatoms. The molecule has 1 unspecified atom stereocenters. The summed E-state index contributed by atoms with van der Waals surface area (Å²) in [4.78, 5) is 0. The molecule has 100 valence electrons. The summed E-state index contributed by atoms with van der Waals surface area (Å²) >= 11 is -0.903. The summed E-state index contributed by atoms with van der Waals surface area (Å²) in [5.41, 5.74) is 1.30. The van der Waals surface area contributed by atoms with Crippen LogP contribution >= 0.6 is 0 Å². The van der Waals surface area contributed by atoms with Crippen LogP contribution in [0, 0.1) is 0 Å². The highest BCUT2D eigenvalue weighted by Crippen LogP contribution is 2.38. The normalized spacial score (nSPS) is 23.2. The SMILES string of the molecule is CCC(C)(C)[S@+]([O-])N1CCCC1c1ccccc1. The quantitative estimate of drug-likeness (QED) is 0.776. The molecule has 0 bridgehead atoms. The minimum absolute atomic E-state index is 0.128. The van der Waals surface area contributed by atoms with Crippen LogP contribution in [0.15, 0.2) is 30.3 Å². The lowest BCUT2D eigenvalue weighted by Gasteiger charge is -2.35. The summed E-state index contributed by atoms with van der Waals surface area (Å²) in [6.45, 7) is 7.27. The van der Waals surface area contributed by atoms with Gasteiger partial charge in [-0.2, -0.15) is 0 Å². The standard InChI is InChI=1S/C15H23NOS/c1-4-15(2,3)18(17)16-12-8-11-14(16)13-9-6-5-7-10-13/h5-7,9-10,14H,4,8,11-12H2,1-3H3/t14?,18-/m0/s1. The first kappa shape index (κ1) is 13.9. The number of hydrogen-bond donors (Lipinski definition) is 0. The van der Waals surface area contributed by atoms with Crippen molar-refractivity contribution in [1.82, 2.24) is 4.31 Å². The molecular weight excluding hydrogens is 242 g/mol. The Labute approximate surface area is 114 Å². The third-order valence-electron chi connectivity index (χ3n) is 3.93. The predicted molar refractivity (Wildman–Crippen MR) is 77.6 cm³/mol. The lowest BCUT2D eigenvalue weighted by atomic mass is 10.1. The molecule has 0 N–H and O–H groups in total. The van der Waals surface area contributed by atoms with Gasteiger partial charge >= 0.3 is 0 Å². The third-order valence-corrected chi connectivity index (χ3v) is 6.02. The van der Waals surface area contributed by atoms with Crippen molar-refractivity contribution in [3.8, 4) is 0 Å². The van der Waals surface area contributed by atoms with Gasteiger partial charge in [-0.1, -0.05) is 37.3 Å². The zero-order valence-corrected chi connectivity index (χ0v) is 12.4. The van der Waals surface area contributed by atoms with Crippen LogP contribution in [0.2, 0.25) is 0 Å². The topological polar surface area (TPSA) is 26.3 Å². The molecule has 2 atom stereocenters. The van der Waals surface area contributed by atoms with Crippen molar-refractivity contribution in [3.63, 3.8) is 0 Å². The monoisotopic (exact) mass is 265 g/mol. The van der Waals surface area contributed by atoms with Crippen LogP contribution in [0.5, 0.6) is 0 Å². The molecule has 0 aromatic heterocycles. The molecule has 0 radical (unpaired) electrons. The molecule has 2 rings (SSSR count). The van der Waals surface area contributed by atoms with Gasteiger partial charge in [0, 0.05) is 17.9 Å². The number of nitrogens with zero attached hydrogens (tertiary/aromatic N) is 1. The molecule has 1 aromatic rings. The Hall–Kier alpha value is -0.510. The Morgan fingerprint density at radius 3 is 2.61 bits per heavy atom. The number of rotatable bonds is 4. The third kappa shape index (κ3) is 2.73. The second kappa shape index (κ2) is 5.64. The van der Waals surface area contributed by atoms with E-state index in [9.17, 15) is 4.55 Å². The van der Waals surface area contributed by atoms with Crippen molar-refractivity contribution in [2.45, 2.75) is 50.8 Å². The zero-order chi connectivity index (χ0) is 13.2. The molecule has 1 heterocycles. The summed E-state index contributed by atoms with van der Waals surface area (Å²) in [6, 6.07) is 10.8. The van der Waals surface area contributed by atoms with E-state index >= 15 is 0 Å². The summed E-state index contributed by atoms with van der Waals surface area (Å²) < 4.78 is 14.8. The maximum Gasteiger partial charge on any atom is 0.139 e. The van der Waals surface area contributed by atoms with Gasteiger partial charge in [0.2, 0.25) is 0 Å². The highest BCUT2D eigenvalue weighted by molar-refractivity contribution is 7.90. The molecule has 1 aliphatic heterocycles. The van der Waals surface area contributed by atoms with Crippen LogP contribution < -0.4 is 0 Å². The molecule has 0 amide bonds. The van der Waals surface area contributed by atoms with Gasteiger partial charge in [-0.25, -0.2) is 0 Å². The van der Waals surface area contributed by atoms with Gasteiger partial charge < -0.3 is 4.55 Å². The fourth-order valence-electron chi connectivity index (χ4n) is 2.39. The van der Waals surface area contributed by atoms with Gasteiger partial charge in [0.25, 0.3) is 0 Å². The number of hydrogen-bond acceptors (Lipinski definition) is 2. The largest absolute Gasteiger partial charge is 0.597 e. The molecule has 2 nitrogen and oxygen atoms in total.